The Morgan fingerprint density at radius 2 is 1.78 bits per heavy atom. The van der Waals surface area contributed by atoms with Crippen LogP contribution in [0.5, 0.6) is 0 Å². The van der Waals surface area contributed by atoms with E-state index in [1.165, 1.54) is 50.5 Å². The smallest absolute Gasteiger partial charge is 0.124 e. The maximum atomic E-state index is 6.13. The van der Waals surface area contributed by atoms with Crippen LogP contribution in [0.15, 0.2) is 6.20 Å². The molecule has 0 aromatic carbocycles. The largest absolute Gasteiger partial charge is 0.384 e. The van der Waals surface area contributed by atoms with Crippen molar-refractivity contribution in [2.45, 2.75) is 44.9 Å². The van der Waals surface area contributed by atoms with Crippen LogP contribution < -0.4 is 5.73 Å². The minimum atomic E-state index is 0.575. The van der Waals surface area contributed by atoms with Crippen molar-refractivity contribution < 1.29 is 0 Å². The molecule has 0 radical (unpaired) electrons. The number of aromatic nitrogens is 2. The van der Waals surface area contributed by atoms with E-state index in [1.807, 2.05) is 17.9 Å². The highest BCUT2D eigenvalue weighted by atomic mass is 15.3. The summed E-state index contributed by atoms with van der Waals surface area (Å²) >= 11 is 0. The van der Waals surface area contributed by atoms with Crippen LogP contribution in [0.4, 0.5) is 5.82 Å². The molecule has 0 amide bonds. The van der Waals surface area contributed by atoms with Crippen LogP contribution in [0.3, 0.4) is 0 Å². The molecule has 2 N–H and O–H groups in total. The Kier molecular flexibility index (Phi) is 2.13. The second-order valence-electron chi connectivity index (χ2n) is 7.27. The quantitative estimate of drug-likeness (QED) is 0.870. The monoisotopic (exact) mass is 245 g/mol. The fourth-order valence-electron chi connectivity index (χ4n) is 5.54. The second kappa shape index (κ2) is 3.52. The summed E-state index contributed by atoms with van der Waals surface area (Å²) in [6, 6.07) is 0. The molecule has 5 rings (SSSR count). The zero-order valence-electron chi connectivity index (χ0n) is 11.2. The van der Waals surface area contributed by atoms with Crippen LogP contribution in [0.1, 0.15) is 44.1 Å². The molecule has 1 aromatic rings. The number of nitrogens with two attached hydrogens (primary N) is 1. The zero-order chi connectivity index (χ0) is 12.3. The van der Waals surface area contributed by atoms with Gasteiger partial charge in [-0.25, -0.2) is 0 Å². The number of hydrogen-bond donors (Lipinski definition) is 1. The van der Waals surface area contributed by atoms with Crippen LogP contribution in [0.2, 0.25) is 0 Å². The van der Waals surface area contributed by atoms with E-state index in [4.69, 9.17) is 5.73 Å². The second-order valence-corrected chi connectivity index (χ2v) is 7.27. The van der Waals surface area contributed by atoms with Gasteiger partial charge in [-0.1, -0.05) is 0 Å². The Morgan fingerprint density at radius 3 is 2.22 bits per heavy atom. The third kappa shape index (κ3) is 1.52. The number of aryl methyl sites for hydroxylation is 1. The highest BCUT2D eigenvalue weighted by Gasteiger charge is 2.50. The van der Waals surface area contributed by atoms with Gasteiger partial charge in [0.25, 0.3) is 0 Å². The first-order valence-electron chi connectivity index (χ1n) is 7.40. The lowest BCUT2D eigenvalue weighted by molar-refractivity contribution is -0.0521. The summed E-state index contributed by atoms with van der Waals surface area (Å²) in [6.45, 7) is 0. The standard InChI is InChI=1S/C15H23N3/c1-18-14(16)13(9-17-18)8-15-5-10-2-11(6-15)4-12(3-10)7-15/h9-12H,2-8,16H2,1H3. The molecule has 1 aromatic heterocycles. The summed E-state index contributed by atoms with van der Waals surface area (Å²) in [7, 11) is 1.94. The normalized spacial score (nSPS) is 41.5. The van der Waals surface area contributed by atoms with Crippen LogP contribution >= 0.6 is 0 Å². The maximum absolute atomic E-state index is 6.13. The average Bonchev–Trinajstić information content (AvgIpc) is 2.58. The first-order chi connectivity index (χ1) is 8.63. The van der Waals surface area contributed by atoms with Gasteiger partial charge in [-0.15, -0.1) is 0 Å². The number of anilines is 1. The minimum absolute atomic E-state index is 0.575. The van der Waals surface area contributed by atoms with Crippen LogP contribution in [-0.2, 0) is 13.5 Å². The predicted molar refractivity (Wildman–Crippen MR) is 71.9 cm³/mol. The summed E-state index contributed by atoms with van der Waals surface area (Å²) in [6.07, 6.45) is 12.1. The summed E-state index contributed by atoms with van der Waals surface area (Å²) in [5, 5.41) is 4.31. The Labute approximate surface area is 109 Å². The molecule has 4 saturated carbocycles. The van der Waals surface area contributed by atoms with E-state index in [0.29, 0.717) is 5.41 Å². The zero-order valence-corrected chi connectivity index (χ0v) is 11.2. The first kappa shape index (κ1) is 10.9. The molecule has 4 aliphatic rings. The number of rotatable bonds is 2. The van der Waals surface area contributed by atoms with Crippen molar-refractivity contribution in [3.8, 4) is 0 Å². The van der Waals surface area contributed by atoms with Gasteiger partial charge < -0.3 is 5.73 Å². The van der Waals surface area contributed by atoms with Crippen molar-refractivity contribution in [2.75, 3.05) is 5.73 Å². The van der Waals surface area contributed by atoms with Gasteiger partial charge in [0.15, 0.2) is 0 Å². The highest BCUT2D eigenvalue weighted by molar-refractivity contribution is 5.39. The molecule has 98 valence electrons. The molecule has 18 heavy (non-hydrogen) atoms. The van der Waals surface area contributed by atoms with Gasteiger partial charge in [0.05, 0.1) is 6.20 Å². The lowest BCUT2D eigenvalue weighted by atomic mass is 9.48. The molecular weight excluding hydrogens is 222 g/mol. The molecule has 4 aliphatic carbocycles. The van der Waals surface area contributed by atoms with E-state index >= 15 is 0 Å². The Hall–Kier alpha value is -0.990. The van der Waals surface area contributed by atoms with Gasteiger partial charge in [0.1, 0.15) is 5.82 Å². The molecule has 3 heteroatoms. The van der Waals surface area contributed by atoms with E-state index in [1.54, 1.807) is 0 Å². The SMILES string of the molecule is Cn1ncc(CC23CC4CC(CC(C4)C2)C3)c1N. The third-order valence-electron chi connectivity index (χ3n) is 5.79. The van der Waals surface area contributed by atoms with Crippen LogP contribution in [0.25, 0.3) is 0 Å². The number of nitrogen functional groups attached to an aromatic ring is 1. The molecule has 3 nitrogen and oxygen atoms in total. The molecular formula is C15H23N3. The van der Waals surface area contributed by atoms with Gasteiger partial charge in [0.2, 0.25) is 0 Å². The molecule has 4 bridgehead atoms. The van der Waals surface area contributed by atoms with E-state index in [0.717, 1.165) is 23.6 Å². The third-order valence-corrected chi connectivity index (χ3v) is 5.79. The summed E-state index contributed by atoms with van der Waals surface area (Å²) in [5.74, 6) is 3.95. The van der Waals surface area contributed by atoms with E-state index < -0.39 is 0 Å². The Bertz CT molecular complexity index is 439. The molecule has 0 aliphatic heterocycles. The summed E-state index contributed by atoms with van der Waals surface area (Å²) in [4.78, 5) is 0. The maximum Gasteiger partial charge on any atom is 0.124 e. The van der Waals surface area contributed by atoms with Crippen LogP contribution in [-0.4, -0.2) is 9.78 Å². The van der Waals surface area contributed by atoms with Crippen molar-refractivity contribution in [3.63, 3.8) is 0 Å². The van der Waals surface area contributed by atoms with E-state index in [9.17, 15) is 0 Å². The van der Waals surface area contributed by atoms with Gasteiger partial charge in [-0.05, 0) is 68.1 Å². The fourth-order valence-corrected chi connectivity index (χ4v) is 5.54. The summed E-state index contributed by atoms with van der Waals surface area (Å²) in [5.41, 5.74) is 8.00. The topological polar surface area (TPSA) is 43.8 Å². The average molecular weight is 245 g/mol. The highest BCUT2D eigenvalue weighted by Crippen LogP contribution is 2.61. The van der Waals surface area contributed by atoms with Crippen molar-refractivity contribution >= 4 is 5.82 Å². The van der Waals surface area contributed by atoms with E-state index in [2.05, 4.69) is 5.10 Å². The lowest BCUT2D eigenvalue weighted by Gasteiger charge is -2.57. The first-order valence-corrected chi connectivity index (χ1v) is 7.40. The molecule has 1 heterocycles. The molecule has 0 atom stereocenters. The predicted octanol–water partition coefficient (Wildman–Crippen LogP) is 2.76. The Balaban J connectivity index is 1.62. The van der Waals surface area contributed by atoms with Crippen molar-refractivity contribution in [2.24, 2.45) is 30.2 Å². The lowest BCUT2D eigenvalue weighted by Crippen LogP contribution is -2.47. The van der Waals surface area contributed by atoms with Crippen molar-refractivity contribution in [3.05, 3.63) is 11.8 Å². The number of hydrogen-bond acceptors (Lipinski definition) is 2. The molecule has 0 spiro atoms. The minimum Gasteiger partial charge on any atom is -0.384 e. The van der Waals surface area contributed by atoms with Crippen molar-refractivity contribution in [1.82, 2.24) is 9.78 Å². The van der Waals surface area contributed by atoms with Crippen molar-refractivity contribution in [1.29, 1.82) is 0 Å². The number of nitrogens with zero attached hydrogens (tertiary/aromatic N) is 2. The molecule has 4 fully saturated rings. The van der Waals surface area contributed by atoms with Crippen LogP contribution in [0, 0.1) is 23.2 Å². The molecule has 0 saturated heterocycles. The van der Waals surface area contributed by atoms with Gasteiger partial charge in [-0.2, -0.15) is 5.10 Å². The van der Waals surface area contributed by atoms with E-state index in [-0.39, 0.29) is 0 Å². The van der Waals surface area contributed by atoms with Gasteiger partial charge >= 0.3 is 0 Å². The Morgan fingerprint density at radius 1 is 1.22 bits per heavy atom. The fraction of sp³-hybridized carbons (Fsp3) is 0.800. The van der Waals surface area contributed by atoms with Gasteiger partial charge in [0, 0.05) is 12.6 Å². The molecule has 0 unspecified atom stereocenters. The van der Waals surface area contributed by atoms with Gasteiger partial charge in [-0.3, -0.25) is 4.68 Å². The summed E-state index contributed by atoms with van der Waals surface area (Å²) < 4.78 is 1.82.